The highest BCUT2D eigenvalue weighted by atomic mass is 79.9. The van der Waals surface area contributed by atoms with E-state index >= 15 is 0 Å². The Morgan fingerprint density at radius 1 is 1.83 bits per heavy atom. The van der Waals surface area contributed by atoms with Gasteiger partial charge in [-0.2, -0.15) is 0 Å². The Hall–Kier alpha value is -0.840. The fraction of sp³-hybridized carbons (Fsp3) is 0.429. The van der Waals surface area contributed by atoms with Crippen LogP contribution in [0.4, 0.5) is 0 Å². The zero-order chi connectivity index (χ0) is 8.97. The lowest BCUT2D eigenvalue weighted by atomic mass is 10.2. The summed E-state index contributed by atoms with van der Waals surface area (Å²) in [7, 11) is 0. The van der Waals surface area contributed by atoms with E-state index in [4.69, 9.17) is 9.73 Å². The summed E-state index contributed by atoms with van der Waals surface area (Å²) in [6, 6.07) is 1.67. The largest absolute Gasteiger partial charge is 0.411 e. The number of hydrogen-bond acceptors (Lipinski definition) is 4. The summed E-state index contributed by atoms with van der Waals surface area (Å²) in [6.45, 7) is 2.00. The predicted molar refractivity (Wildman–Crippen MR) is 47.4 cm³/mol. The lowest BCUT2D eigenvalue weighted by Gasteiger charge is -1.94. The molecule has 0 aliphatic heterocycles. The molecule has 0 radical (unpaired) electrons. The summed E-state index contributed by atoms with van der Waals surface area (Å²) >= 11 is 3.14. The molecular weight excluding hydrogens is 224 g/mol. The number of aromatic nitrogens is 1. The molecule has 1 aromatic rings. The minimum Gasteiger partial charge on any atom is -0.411 e. The van der Waals surface area contributed by atoms with Crippen LogP contribution in [0.3, 0.4) is 0 Å². The van der Waals surface area contributed by atoms with Gasteiger partial charge in [-0.1, -0.05) is 23.7 Å². The summed E-state index contributed by atoms with van der Waals surface area (Å²) in [5.41, 5.74) is 0.524. The van der Waals surface area contributed by atoms with Gasteiger partial charge in [-0.05, 0) is 22.4 Å². The predicted octanol–water partition coefficient (Wildman–Crippen LogP) is 2.42. The summed E-state index contributed by atoms with van der Waals surface area (Å²) < 4.78 is 5.49. The molecule has 4 nitrogen and oxygen atoms in total. The standard InChI is InChI=1S/C7H9BrN2O2/c1-2-3-5(9-11)6-4-7(8)10-12-6/h4,11H,2-3H2,1H3. The Morgan fingerprint density at radius 2 is 2.58 bits per heavy atom. The van der Waals surface area contributed by atoms with Crippen LogP contribution in [0.1, 0.15) is 25.5 Å². The third-order valence-electron chi connectivity index (χ3n) is 1.37. The van der Waals surface area contributed by atoms with Gasteiger partial charge in [0.2, 0.25) is 0 Å². The van der Waals surface area contributed by atoms with Crippen LogP contribution in [0.25, 0.3) is 0 Å². The highest BCUT2D eigenvalue weighted by molar-refractivity contribution is 9.10. The van der Waals surface area contributed by atoms with Gasteiger partial charge >= 0.3 is 0 Å². The second kappa shape index (κ2) is 4.25. The molecule has 0 unspecified atom stereocenters. The normalized spacial score (nSPS) is 12.0. The molecule has 0 saturated heterocycles. The van der Waals surface area contributed by atoms with Crippen LogP contribution in [0.2, 0.25) is 0 Å². The lowest BCUT2D eigenvalue weighted by molar-refractivity contribution is 0.314. The third kappa shape index (κ3) is 2.07. The monoisotopic (exact) mass is 232 g/mol. The van der Waals surface area contributed by atoms with Gasteiger partial charge in [0.05, 0.1) is 0 Å². The first-order valence-electron chi connectivity index (χ1n) is 3.61. The maximum absolute atomic E-state index is 8.60. The van der Waals surface area contributed by atoms with Crippen molar-refractivity contribution in [3.63, 3.8) is 0 Å². The number of halogens is 1. The van der Waals surface area contributed by atoms with Crippen molar-refractivity contribution < 1.29 is 9.73 Å². The van der Waals surface area contributed by atoms with E-state index in [1.807, 2.05) is 6.92 Å². The smallest absolute Gasteiger partial charge is 0.185 e. The van der Waals surface area contributed by atoms with Crippen LogP contribution >= 0.6 is 15.9 Å². The van der Waals surface area contributed by atoms with Crippen LogP contribution in [0.5, 0.6) is 0 Å². The zero-order valence-corrected chi connectivity index (χ0v) is 8.21. The first-order valence-corrected chi connectivity index (χ1v) is 4.40. The third-order valence-corrected chi connectivity index (χ3v) is 1.75. The second-order valence-corrected chi connectivity index (χ2v) is 3.12. The molecule has 0 fully saturated rings. The fourth-order valence-corrected chi connectivity index (χ4v) is 1.13. The van der Waals surface area contributed by atoms with Crippen LogP contribution in [-0.4, -0.2) is 16.1 Å². The van der Waals surface area contributed by atoms with Gasteiger partial charge in [0.1, 0.15) is 10.3 Å². The van der Waals surface area contributed by atoms with Crippen molar-refractivity contribution in [2.45, 2.75) is 19.8 Å². The van der Waals surface area contributed by atoms with Crippen molar-refractivity contribution in [2.24, 2.45) is 5.16 Å². The van der Waals surface area contributed by atoms with Crippen molar-refractivity contribution in [3.8, 4) is 0 Å². The van der Waals surface area contributed by atoms with E-state index in [9.17, 15) is 0 Å². The molecule has 1 rings (SSSR count). The van der Waals surface area contributed by atoms with E-state index in [1.54, 1.807) is 6.07 Å². The topological polar surface area (TPSA) is 58.6 Å². The number of hydrogen-bond donors (Lipinski definition) is 1. The molecule has 1 N–H and O–H groups in total. The molecule has 1 heterocycles. The first kappa shape index (κ1) is 9.25. The van der Waals surface area contributed by atoms with Crippen LogP contribution in [-0.2, 0) is 0 Å². The van der Waals surface area contributed by atoms with Gasteiger partial charge in [-0.25, -0.2) is 0 Å². The van der Waals surface area contributed by atoms with Crippen LogP contribution in [0.15, 0.2) is 20.3 Å². The average Bonchev–Trinajstić information content (AvgIpc) is 2.47. The van der Waals surface area contributed by atoms with Crippen molar-refractivity contribution in [3.05, 3.63) is 16.4 Å². The maximum atomic E-state index is 8.60. The second-order valence-electron chi connectivity index (χ2n) is 2.31. The minimum absolute atomic E-state index is 0.506. The molecule has 12 heavy (non-hydrogen) atoms. The number of oxime groups is 1. The van der Waals surface area contributed by atoms with Crippen molar-refractivity contribution in [1.82, 2.24) is 5.16 Å². The zero-order valence-electron chi connectivity index (χ0n) is 6.62. The fourth-order valence-electron chi connectivity index (χ4n) is 0.849. The van der Waals surface area contributed by atoms with Gasteiger partial charge in [0.15, 0.2) is 5.76 Å². The molecule has 0 bridgehead atoms. The molecule has 0 saturated carbocycles. The first-order chi connectivity index (χ1) is 5.77. The average molecular weight is 233 g/mol. The molecule has 0 amide bonds. The summed E-state index contributed by atoms with van der Waals surface area (Å²) in [4.78, 5) is 0. The molecule has 0 aliphatic carbocycles. The van der Waals surface area contributed by atoms with E-state index < -0.39 is 0 Å². The Kier molecular flexibility index (Phi) is 3.28. The van der Waals surface area contributed by atoms with Crippen molar-refractivity contribution in [1.29, 1.82) is 0 Å². The van der Waals surface area contributed by atoms with Crippen LogP contribution < -0.4 is 0 Å². The number of rotatable bonds is 3. The van der Waals surface area contributed by atoms with Gasteiger partial charge in [0.25, 0.3) is 0 Å². The molecule has 0 spiro atoms. The minimum atomic E-state index is 0.506. The van der Waals surface area contributed by atoms with E-state index in [-0.39, 0.29) is 0 Å². The molecule has 0 aliphatic rings. The molecule has 5 heteroatoms. The Morgan fingerprint density at radius 3 is 3.00 bits per heavy atom. The van der Waals surface area contributed by atoms with E-state index in [0.29, 0.717) is 22.5 Å². The summed E-state index contributed by atoms with van der Waals surface area (Å²) in [5, 5.41) is 15.3. The number of nitrogens with zero attached hydrogens (tertiary/aromatic N) is 2. The van der Waals surface area contributed by atoms with Gasteiger partial charge < -0.3 is 9.73 Å². The van der Waals surface area contributed by atoms with Crippen molar-refractivity contribution in [2.75, 3.05) is 0 Å². The SMILES string of the molecule is CCCC(=NO)c1cc(Br)no1. The van der Waals surface area contributed by atoms with E-state index in [2.05, 4.69) is 26.2 Å². The Bertz CT molecular complexity index is 283. The highest BCUT2D eigenvalue weighted by Crippen LogP contribution is 2.12. The van der Waals surface area contributed by atoms with Gasteiger partial charge in [-0.3, -0.25) is 0 Å². The Balaban J connectivity index is 2.81. The molecule has 0 atom stereocenters. The van der Waals surface area contributed by atoms with Crippen LogP contribution in [0, 0.1) is 0 Å². The molecule has 1 aromatic heterocycles. The Labute approximate surface area is 78.4 Å². The maximum Gasteiger partial charge on any atom is 0.185 e. The summed E-state index contributed by atoms with van der Waals surface area (Å²) in [6.07, 6.45) is 1.58. The highest BCUT2D eigenvalue weighted by Gasteiger charge is 2.09. The lowest BCUT2D eigenvalue weighted by Crippen LogP contribution is -1.97. The quantitative estimate of drug-likeness (QED) is 0.495. The van der Waals surface area contributed by atoms with Gasteiger partial charge in [0, 0.05) is 6.07 Å². The molecular formula is C7H9BrN2O2. The molecule has 66 valence electrons. The van der Waals surface area contributed by atoms with Crippen molar-refractivity contribution >= 4 is 21.6 Å². The van der Waals surface area contributed by atoms with E-state index in [0.717, 1.165) is 6.42 Å². The van der Waals surface area contributed by atoms with Gasteiger partial charge in [-0.15, -0.1) is 0 Å². The summed E-state index contributed by atoms with van der Waals surface area (Å²) in [5.74, 6) is 0.506. The molecule has 0 aromatic carbocycles. The van der Waals surface area contributed by atoms with E-state index in [1.165, 1.54) is 0 Å².